The number of aromatic nitrogens is 2. The minimum Gasteiger partial charge on any atom is -0.379 e. The predicted octanol–water partition coefficient (Wildman–Crippen LogP) is 1.60. The summed E-state index contributed by atoms with van der Waals surface area (Å²) in [4.78, 5) is 27.2. The molecule has 1 atom stereocenters. The van der Waals surface area contributed by atoms with Crippen LogP contribution in [0.4, 0.5) is 5.69 Å². The van der Waals surface area contributed by atoms with Crippen molar-refractivity contribution in [2.45, 2.75) is 12.5 Å². The molecule has 10 nitrogen and oxygen atoms in total. The van der Waals surface area contributed by atoms with Crippen LogP contribution in [0.5, 0.6) is 0 Å². The van der Waals surface area contributed by atoms with E-state index in [4.69, 9.17) is 8.92 Å². The SMILES string of the molecule is CS(=O)(=O)OC(CCN1CCOCC1)C(=O)Nc1cccc(-c2n[nH]c(=O)c3ccccc23)c1. The Morgan fingerprint density at radius 1 is 1.18 bits per heavy atom. The maximum absolute atomic E-state index is 13.0. The van der Waals surface area contributed by atoms with Gasteiger partial charge >= 0.3 is 0 Å². The van der Waals surface area contributed by atoms with Gasteiger partial charge < -0.3 is 10.1 Å². The quantitative estimate of drug-likeness (QED) is 0.459. The van der Waals surface area contributed by atoms with Crippen molar-refractivity contribution in [2.24, 2.45) is 0 Å². The summed E-state index contributed by atoms with van der Waals surface area (Å²) < 4.78 is 34.0. The molecule has 1 aliphatic heterocycles. The molecular weight excluding hydrogens is 460 g/mol. The largest absolute Gasteiger partial charge is 0.379 e. The van der Waals surface area contributed by atoms with Crippen LogP contribution in [0.3, 0.4) is 0 Å². The Labute approximate surface area is 197 Å². The van der Waals surface area contributed by atoms with Gasteiger partial charge in [0.2, 0.25) is 0 Å². The molecule has 34 heavy (non-hydrogen) atoms. The van der Waals surface area contributed by atoms with Crippen LogP contribution in [0.25, 0.3) is 22.0 Å². The van der Waals surface area contributed by atoms with Gasteiger partial charge in [0.15, 0.2) is 6.10 Å². The number of ether oxygens (including phenoxy) is 1. The van der Waals surface area contributed by atoms with Crippen molar-refractivity contribution in [2.75, 3.05) is 44.4 Å². The summed E-state index contributed by atoms with van der Waals surface area (Å²) in [5.41, 5.74) is 1.40. The molecule has 1 amide bonds. The minimum atomic E-state index is -3.84. The number of carbonyl (C=O) groups is 1. The van der Waals surface area contributed by atoms with Gasteiger partial charge in [-0.05, 0) is 24.6 Å². The summed E-state index contributed by atoms with van der Waals surface area (Å²) in [5, 5.41) is 10.6. The number of nitrogens with one attached hydrogen (secondary N) is 2. The monoisotopic (exact) mass is 486 g/mol. The van der Waals surface area contributed by atoms with Crippen LogP contribution in [0.2, 0.25) is 0 Å². The van der Waals surface area contributed by atoms with Gasteiger partial charge in [-0.2, -0.15) is 13.5 Å². The van der Waals surface area contributed by atoms with E-state index in [1.807, 2.05) is 12.1 Å². The van der Waals surface area contributed by atoms with E-state index in [2.05, 4.69) is 20.4 Å². The van der Waals surface area contributed by atoms with Crippen molar-refractivity contribution >= 4 is 32.5 Å². The summed E-state index contributed by atoms with van der Waals surface area (Å²) in [6.07, 6.45) is -0.0335. The van der Waals surface area contributed by atoms with E-state index in [1.54, 1.807) is 36.4 Å². The van der Waals surface area contributed by atoms with Crippen LogP contribution in [0.1, 0.15) is 6.42 Å². The van der Waals surface area contributed by atoms with Crippen molar-refractivity contribution in [3.8, 4) is 11.3 Å². The lowest BCUT2D eigenvalue weighted by Gasteiger charge is -2.27. The fourth-order valence-electron chi connectivity index (χ4n) is 3.86. The fourth-order valence-corrected chi connectivity index (χ4v) is 4.47. The molecule has 180 valence electrons. The number of carbonyl (C=O) groups excluding carboxylic acids is 1. The van der Waals surface area contributed by atoms with E-state index in [0.29, 0.717) is 47.5 Å². The molecule has 1 unspecified atom stereocenters. The summed E-state index contributed by atoms with van der Waals surface area (Å²) in [6, 6.07) is 14.1. The molecule has 2 N–H and O–H groups in total. The first-order chi connectivity index (χ1) is 16.3. The summed E-state index contributed by atoms with van der Waals surface area (Å²) in [7, 11) is -3.84. The van der Waals surface area contributed by atoms with Crippen LogP contribution in [0, 0.1) is 0 Å². The van der Waals surface area contributed by atoms with Crippen LogP contribution in [-0.2, 0) is 23.8 Å². The highest BCUT2D eigenvalue weighted by molar-refractivity contribution is 7.86. The number of benzene rings is 2. The molecule has 0 spiro atoms. The lowest BCUT2D eigenvalue weighted by Crippen LogP contribution is -2.40. The Hall–Kier alpha value is -3.12. The van der Waals surface area contributed by atoms with Gasteiger partial charge in [0, 0.05) is 36.3 Å². The number of amides is 1. The number of H-pyrrole nitrogens is 1. The first-order valence-electron chi connectivity index (χ1n) is 10.9. The molecule has 4 rings (SSSR count). The van der Waals surface area contributed by atoms with Crippen molar-refractivity contribution in [1.82, 2.24) is 15.1 Å². The molecule has 2 aromatic carbocycles. The van der Waals surface area contributed by atoms with Crippen molar-refractivity contribution in [3.05, 3.63) is 58.9 Å². The van der Waals surface area contributed by atoms with Gasteiger partial charge in [-0.1, -0.05) is 30.3 Å². The number of aromatic amines is 1. The molecule has 0 radical (unpaired) electrons. The topological polar surface area (TPSA) is 131 Å². The molecule has 1 fully saturated rings. The van der Waals surface area contributed by atoms with E-state index in [9.17, 15) is 18.0 Å². The number of hydrogen-bond donors (Lipinski definition) is 2. The Bertz CT molecular complexity index is 1330. The van der Waals surface area contributed by atoms with E-state index in [1.165, 1.54) is 0 Å². The zero-order valence-electron chi connectivity index (χ0n) is 18.7. The maximum Gasteiger partial charge on any atom is 0.272 e. The van der Waals surface area contributed by atoms with Gasteiger partial charge in [-0.15, -0.1) is 0 Å². The Kier molecular flexibility index (Phi) is 7.37. The predicted molar refractivity (Wildman–Crippen MR) is 128 cm³/mol. The average molecular weight is 487 g/mol. The molecule has 0 bridgehead atoms. The first-order valence-corrected chi connectivity index (χ1v) is 12.7. The lowest BCUT2D eigenvalue weighted by molar-refractivity contribution is -0.123. The van der Waals surface area contributed by atoms with Gasteiger partial charge in [-0.3, -0.25) is 18.7 Å². The number of rotatable bonds is 8. The maximum atomic E-state index is 13.0. The zero-order chi connectivity index (χ0) is 24.1. The molecule has 1 aromatic heterocycles. The van der Waals surface area contributed by atoms with E-state index in [-0.39, 0.29) is 12.0 Å². The minimum absolute atomic E-state index is 0.213. The molecule has 0 aliphatic carbocycles. The van der Waals surface area contributed by atoms with E-state index in [0.717, 1.165) is 19.3 Å². The van der Waals surface area contributed by atoms with E-state index >= 15 is 0 Å². The van der Waals surface area contributed by atoms with Crippen LogP contribution >= 0.6 is 0 Å². The van der Waals surface area contributed by atoms with Gasteiger partial charge in [0.05, 0.1) is 30.5 Å². The molecule has 0 saturated carbocycles. The molecule has 2 heterocycles. The molecule has 11 heteroatoms. The highest BCUT2D eigenvalue weighted by Crippen LogP contribution is 2.26. The smallest absolute Gasteiger partial charge is 0.272 e. The second kappa shape index (κ2) is 10.4. The van der Waals surface area contributed by atoms with Crippen LogP contribution in [-0.4, -0.2) is 74.6 Å². The zero-order valence-corrected chi connectivity index (χ0v) is 19.5. The molecular formula is C23H26N4O6S. The van der Waals surface area contributed by atoms with Crippen molar-refractivity contribution in [1.29, 1.82) is 0 Å². The fraction of sp³-hybridized carbons (Fsp3) is 0.348. The normalized spacial score (nSPS) is 15.8. The third kappa shape index (κ3) is 6.06. The molecule has 1 aliphatic rings. The summed E-state index contributed by atoms with van der Waals surface area (Å²) >= 11 is 0. The number of anilines is 1. The number of nitrogens with zero attached hydrogens (tertiary/aromatic N) is 2. The molecule has 3 aromatic rings. The van der Waals surface area contributed by atoms with E-state index < -0.39 is 22.1 Å². The van der Waals surface area contributed by atoms with Gasteiger partial charge in [0.25, 0.3) is 21.6 Å². The van der Waals surface area contributed by atoms with Crippen LogP contribution < -0.4 is 10.9 Å². The summed E-state index contributed by atoms with van der Waals surface area (Å²) in [5.74, 6) is -0.560. The third-order valence-corrected chi connectivity index (χ3v) is 6.08. The Morgan fingerprint density at radius 3 is 2.65 bits per heavy atom. The summed E-state index contributed by atoms with van der Waals surface area (Å²) in [6.45, 7) is 3.14. The third-order valence-electron chi connectivity index (χ3n) is 5.49. The van der Waals surface area contributed by atoms with Crippen LogP contribution in [0.15, 0.2) is 53.3 Å². The number of morpholine rings is 1. The second-order valence-electron chi connectivity index (χ2n) is 8.05. The lowest BCUT2D eigenvalue weighted by atomic mass is 10.0. The Morgan fingerprint density at radius 2 is 1.91 bits per heavy atom. The Balaban J connectivity index is 1.54. The highest BCUT2D eigenvalue weighted by atomic mass is 32.2. The highest BCUT2D eigenvalue weighted by Gasteiger charge is 2.25. The second-order valence-corrected chi connectivity index (χ2v) is 9.65. The van der Waals surface area contributed by atoms with Gasteiger partial charge in [0.1, 0.15) is 0 Å². The molecule has 1 saturated heterocycles. The number of fused-ring (bicyclic) bond motifs is 1. The average Bonchev–Trinajstić information content (AvgIpc) is 2.82. The number of hydrogen-bond acceptors (Lipinski definition) is 8. The first kappa shape index (κ1) is 24.0. The van der Waals surface area contributed by atoms with Crippen molar-refractivity contribution < 1.29 is 22.1 Å². The standard InChI is InChI=1S/C23H26N4O6S/c1-34(30,31)33-20(9-10-27-11-13-32-14-12-27)23(29)24-17-6-4-5-16(15-17)21-18-7-2-3-8-19(18)22(28)26-25-21/h2-8,15,20H,9-14H2,1H3,(H,24,29)(H,26,28). The van der Waals surface area contributed by atoms with Gasteiger partial charge in [-0.25, -0.2) is 5.10 Å². The van der Waals surface area contributed by atoms with Crippen molar-refractivity contribution in [3.63, 3.8) is 0 Å².